The van der Waals surface area contributed by atoms with Gasteiger partial charge in [0.15, 0.2) is 0 Å². The van der Waals surface area contributed by atoms with Gasteiger partial charge in [-0.25, -0.2) is 9.97 Å². The molecule has 0 aliphatic carbocycles. The Bertz CT molecular complexity index is 2890. The molecule has 0 spiro atoms. The van der Waals surface area contributed by atoms with Gasteiger partial charge < -0.3 is 9.55 Å². The summed E-state index contributed by atoms with van der Waals surface area (Å²) in [6.07, 6.45) is 9.27. The summed E-state index contributed by atoms with van der Waals surface area (Å²) in [7, 11) is 0. The fourth-order valence-corrected chi connectivity index (χ4v) is 7.34. The normalized spacial score (nSPS) is 11.5. The number of hydrogen-bond donors (Lipinski definition) is 1. The number of para-hydroxylation sites is 1. The Balaban J connectivity index is 0.000000459. The first-order valence-corrected chi connectivity index (χ1v) is 18.6. The highest BCUT2D eigenvalue weighted by Gasteiger charge is 2.25. The molecule has 0 unspecified atom stereocenters. The van der Waals surface area contributed by atoms with Crippen molar-refractivity contribution in [3.63, 3.8) is 0 Å². The maximum absolute atomic E-state index is 10.0. The third kappa shape index (κ3) is 6.93. The van der Waals surface area contributed by atoms with E-state index in [2.05, 4.69) is 186 Å². The van der Waals surface area contributed by atoms with Gasteiger partial charge in [0.1, 0.15) is 6.29 Å². The average Bonchev–Trinajstić information content (AvgIpc) is 4.08. The van der Waals surface area contributed by atoms with E-state index >= 15 is 0 Å². The maximum Gasteiger partial charge on any atom is 0.150 e. The highest BCUT2D eigenvalue weighted by molar-refractivity contribution is 6.10. The molecule has 2 aliphatic rings. The minimum Gasteiger partial charge on any atom is -0.355 e. The van der Waals surface area contributed by atoms with Crippen LogP contribution in [0, 0.1) is 0 Å². The van der Waals surface area contributed by atoms with Crippen molar-refractivity contribution in [2.45, 2.75) is 0 Å². The van der Waals surface area contributed by atoms with Crippen molar-refractivity contribution in [2.75, 3.05) is 0 Å². The van der Waals surface area contributed by atoms with Gasteiger partial charge in [0.2, 0.25) is 0 Å². The van der Waals surface area contributed by atoms with Gasteiger partial charge >= 0.3 is 0 Å². The third-order valence-electron chi connectivity index (χ3n) is 9.80. The minimum atomic E-state index is 0.729. The number of benzene rings is 5. The molecular formula is C51H36N4O. The topological polar surface area (TPSA) is 63.6 Å². The Morgan fingerprint density at radius 3 is 1.46 bits per heavy atom. The van der Waals surface area contributed by atoms with Gasteiger partial charge in [-0.2, -0.15) is 0 Å². The number of nitrogens with zero attached hydrogens (tertiary/aromatic N) is 3. The van der Waals surface area contributed by atoms with E-state index in [0.717, 1.165) is 95.8 Å². The zero-order valence-electron chi connectivity index (χ0n) is 30.5. The van der Waals surface area contributed by atoms with Gasteiger partial charge in [0, 0.05) is 39.0 Å². The van der Waals surface area contributed by atoms with Gasteiger partial charge in [-0.1, -0.05) is 140 Å². The van der Waals surface area contributed by atoms with Crippen LogP contribution in [0.4, 0.5) is 0 Å². The number of carbonyl (C=O) groups excluding carboxylic acids is 1. The molecule has 5 aromatic carbocycles. The van der Waals surface area contributed by atoms with Gasteiger partial charge in [-0.15, -0.1) is 0 Å². The molecule has 0 atom stereocenters. The Morgan fingerprint density at radius 1 is 0.446 bits per heavy atom. The number of nitrogens with one attached hydrogen (secondary N) is 1. The molecule has 1 N–H and O–H groups in total. The van der Waals surface area contributed by atoms with Crippen molar-refractivity contribution < 1.29 is 4.79 Å². The van der Waals surface area contributed by atoms with Crippen LogP contribution in [0.5, 0.6) is 0 Å². The zero-order valence-corrected chi connectivity index (χ0v) is 30.5. The number of rotatable bonds is 5. The molecule has 0 radical (unpaired) electrons. The highest BCUT2D eigenvalue weighted by Crippen LogP contribution is 2.47. The Kier molecular flexibility index (Phi) is 9.38. The molecule has 56 heavy (non-hydrogen) atoms. The summed E-state index contributed by atoms with van der Waals surface area (Å²) in [5.41, 5.74) is 16.2. The molecule has 0 amide bonds. The van der Waals surface area contributed by atoms with Gasteiger partial charge in [-0.3, -0.25) is 4.79 Å². The van der Waals surface area contributed by atoms with E-state index in [1.54, 1.807) is 12.1 Å². The second-order valence-corrected chi connectivity index (χ2v) is 13.5. The van der Waals surface area contributed by atoms with E-state index in [1.807, 2.05) is 18.2 Å². The lowest BCUT2D eigenvalue weighted by Gasteiger charge is -2.13. The Morgan fingerprint density at radius 2 is 0.911 bits per heavy atom. The van der Waals surface area contributed by atoms with E-state index in [-0.39, 0.29) is 0 Å². The second-order valence-electron chi connectivity index (χ2n) is 13.5. The summed E-state index contributed by atoms with van der Waals surface area (Å²) >= 11 is 0. The summed E-state index contributed by atoms with van der Waals surface area (Å²) in [6, 6.07) is 62.4. The summed E-state index contributed by atoms with van der Waals surface area (Å²) < 4.78 is 2.41. The van der Waals surface area contributed by atoms with Crippen LogP contribution in [-0.2, 0) is 0 Å². The smallest absolute Gasteiger partial charge is 0.150 e. The van der Waals surface area contributed by atoms with Crippen molar-refractivity contribution in [1.29, 1.82) is 0 Å². The number of aldehydes is 1. The van der Waals surface area contributed by atoms with E-state index in [0.29, 0.717) is 0 Å². The largest absolute Gasteiger partial charge is 0.355 e. The van der Waals surface area contributed by atoms with Crippen molar-refractivity contribution in [2.24, 2.45) is 0 Å². The van der Waals surface area contributed by atoms with E-state index < -0.39 is 0 Å². The average molecular weight is 721 g/mol. The molecule has 5 nitrogen and oxygen atoms in total. The van der Waals surface area contributed by atoms with Crippen LogP contribution >= 0.6 is 0 Å². The molecule has 0 fully saturated rings. The summed E-state index contributed by atoms with van der Waals surface area (Å²) in [4.78, 5) is 23.9. The summed E-state index contributed by atoms with van der Waals surface area (Å²) in [5.74, 6) is 0. The van der Waals surface area contributed by atoms with Crippen LogP contribution in [-0.4, -0.2) is 25.8 Å². The molecule has 0 saturated heterocycles. The fraction of sp³-hybridized carbons (Fsp3) is 0. The van der Waals surface area contributed by atoms with Crippen LogP contribution in [0.3, 0.4) is 0 Å². The van der Waals surface area contributed by atoms with Crippen molar-refractivity contribution in [1.82, 2.24) is 19.5 Å². The van der Waals surface area contributed by atoms with Crippen LogP contribution in [0.25, 0.3) is 85.4 Å². The molecule has 0 saturated carbocycles. The SMILES string of the molecule is C1=Cc2cc3c(-c4ccccc4)c(-c4ccccc4)c(c(-c4ccccc4)c4nc(cc5ccc(cc1n2)[nH]5)C=C4)n3-c1ccccc1.O=Cc1ccccc1. The number of aromatic nitrogens is 4. The van der Waals surface area contributed by atoms with E-state index in [4.69, 9.17) is 9.97 Å². The molecule has 8 aromatic rings. The molecule has 10 rings (SSSR count). The predicted molar refractivity (Wildman–Crippen MR) is 232 cm³/mol. The Hall–Kier alpha value is -7.63. The summed E-state index contributed by atoms with van der Waals surface area (Å²) in [5, 5.41) is 0. The first-order valence-electron chi connectivity index (χ1n) is 18.6. The van der Waals surface area contributed by atoms with Gasteiger partial charge in [-0.05, 0) is 83.5 Å². The zero-order chi connectivity index (χ0) is 37.7. The fourth-order valence-electron chi connectivity index (χ4n) is 7.34. The minimum absolute atomic E-state index is 0.729. The number of carbonyl (C=O) groups is 1. The van der Waals surface area contributed by atoms with E-state index in [1.165, 1.54) is 0 Å². The predicted octanol–water partition coefficient (Wildman–Crippen LogP) is 12.6. The maximum atomic E-state index is 10.0. The van der Waals surface area contributed by atoms with Crippen LogP contribution in [0.15, 0.2) is 182 Å². The monoisotopic (exact) mass is 720 g/mol. The van der Waals surface area contributed by atoms with Gasteiger partial charge in [0.05, 0.1) is 33.8 Å². The molecule has 2 aliphatic heterocycles. The third-order valence-corrected chi connectivity index (χ3v) is 9.80. The first kappa shape index (κ1) is 34.2. The van der Waals surface area contributed by atoms with Crippen LogP contribution in [0.2, 0.25) is 0 Å². The lowest BCUT2D eigenvalue weighted by atomic mass is 9.93. The van der Waals surface area contributed by atoms with Crippen molar-refractivity contribution >= 4 is 52.7 Å². The summed E-state index contributed by atoms with van der Waals surface area (Å²) in [6.45, 7) is 0. The standard InChI is InChI=1S/C44H30N4.C7H6O/c1-5-13-30(14-6-1)41-39-26-25-36(47-39)28-35-22-21-33(45-35)27-34-23-24-37(46-34)29-40-42(31-15-7-2-8-16-31)43(32-17-9-3-10-18-32)44(41)48(40)38-19-11-4-12-20-38;8-6-7-4-2-1-3-5-7/h1-29,45H;1-6H. The lowest BCUT2D eigenvalue weighted by molar-refractivity contribution is 0.112. The number of H-pyrrole nitrogens is 1. The quantitative estimate of drug-likeness (QED) is 0.180. The van der Waals surface area contributed by atoms with Crippen molar-refractivity contribution in [3.8, 4) is 39.1 Å². The highest BCUT2D eigenvalue weighted by atomic mass is 16.1. The molecule has 8 bridgehead atoms. The number of aromatic amines is 1. The van der Waals surface area contributed by atoms with Gasteiger partial charge in [0.25, 0.3) is 0 Å². The molecular weight excluding hydrogens is 685 g/mol. The number of hydrogen-bond acceptors (Lipinski definition) is 3. The lowest BCUT2D eigenvalue weighted by Crippen LogP contribution is -1.97. The van der Waals surface area contributed by atoms with Crippen molar-refractivity contribution in [3.05, 3.63) is 210 Å². The molecule has 3 aromatic heterocycles. The molecule has 5 heteroatoms. The second kappa shape index (κ2) is 15.4. The van der Waals surface area contributed by atoms with E-state index in [9.17, 15) is 4.79 Å². The first-order chi connectivity index (χ1) is 27.7. The number of fused-ring (bicyclic) bond motifs is 8. The Labute approximate surface area is 325 Å². The van der Waals surface area contributed by atoms with Crippen LogP contribution in [0.1, 0.15) is 33.1 Å². The molecule has 266 valence electrons. The molecule has 5 heterocycles. The van der Waals surface area contributed by atoms with Crippen LogP contribution < -0.4 is 0 Å².